The van der Waals surface area contributed by atoms with Crippen LogP contribution < -0.4 is 5.32 Å². The Labute approximate surface area is 117 Å². The molecule has 2 nitrogen and oxygen atoms in total. The zero-order valence-electron chi connectivity index (χ0n) is 12.1. The third-order valence-electron chi connectivity index (χ3n) is 4.67. The number of hydrogen-bond donors (Lipinski definition) is 1. The number of rotatable bonds is 4. The molecule has 0 aromatic heterocycles. The molecule has 2 heteroatoms. The van der Waals surface area contributed by atoms with Gasteiger partial charge in [0.05, 0.1) is 5.54 Å². The van der Waals surface area contributed by atoms with Gasteiger partial charge in [0.25, 0.3) is 0 Å². The summed E-state index contributed by atoms with van der Waals surface area (Å²) in [4.78, 5) is 2.67. The van der Waals surface area contributed by atoms with Gasteiger partial charge in [-0.05, 0) is 50.9 Å². The molecule has 19 heavy (non-hydrogen) atoms. The van der Waals surface area contributed by atoms with E-state index in [4.69, 9.17) is 0 Å². The summed E-state index contributed by atoms with van der Waals surface area (Å²) in [5.41, 5.74) is 1.54. The van der Waals surface area contributed by atoms with Gasteiger partial charge in [0.2, 0.25) is 0 Å². The van der Waals surface area contributed by atoms with E-state index in [-0.39, 0.29) is 5.54 Å². The van der Waals surface area contributed by atoms with Gasteiger partial charge in [-0.25, -0.2) is 0 Å². The lowest BCUT2D eigenvalue weighted by atomic mass is 9.91. The molecule has 0 radical (unpaired) electrons. The van der Waals surface area contributed by atoms with Crippen LogP contribution in [0.25, 0.3) is 0 Å². The van der Waals surface area contributed by atoms with Gasteiger partial charge < -0.3 is 10.2 Å². The summed E-state index contributed by atoms with van der Waals surface area (Å²) >= 11 is 0. The van der Waals surface area contributed by atoms with Crippen molar-refractivity contribution in [3.8, 4) is 0 Å². The van der Waals surface area contributed by atoms with E-state index in [1.165, 1.54) is 44.3 Å². The second-order valence-corrected chi connectivity index (χ2v) is 6.49. The zero-order chi connectivity index (χ0) is 13.1. The van der Waals surface area contributed by atoms with Crippen LogP contribution in [0, 0.1) is 5.92 Å². The molecule has 1 N–H and O–H groups in total. The van der Waals surface area contributed by atoms with Crippen LogP contribution in [-0.2, 0) is 5.54 Å². The topological polar surface area (TPSA) is 15.3 Å². The minimum atomic E-state index is 0.112. The molecule has 3 rings (SSSR count). The lowest BCUT2D eigenvalue weighted by Gasteiger charge is -2.34. The van der Waals surface area contributed by atoms with Gasteiger partial charge in [-0.15, -0.1) is 0 Å². The van der Waals surface area contributed by atoms with Crippen molar-refractivity contribution >= 4 is 0 Å². The van der Waals surface area contributed by atoms with Crippen molar-refractivity contribution < 1.29 is 0 Å². The van der Waals surface area contributed by atoms with E-state index in [0.717, 1.165) is 19.0 Å². The summed E-state index contributed by atoms with van der Waals surface area (Å²) in [6.07, 6.45) is 5.63. The van der Waals surface area contributed by atoms with Gasteiger partial charge in [0.15, 0.2) is 0 Å². The van der Waals surface area contributed by atoms with Gasteiger partial charge in [-0.3, -0.25) is 0 Å². The van der Waals surface area contributed by atoms with Crippen LogP contribution in [-0.4, -0.2) is 31.1 Å². The molecule has 0 bridgehead atoms. The summed E-state index contributed by atoms with van der Waals surface area (Å²) in [6, 6.07) is 10.9. The Morgan fingerprint density at radius 3 is 2.79 bits per heavy atom. The van der Waals surface area contributed by atoms with Gasteiger partial charge in [-0.2, -0.15) is 0 Å². The maximum absolute atomic E-state index is 3.77. The quantitative estimate of drug-likeness (QED) is 0.893. The predicted molar refractivity (Wildman–Crippen MR) is 80.2 cm³/mol. The van der Waals surface area contributed by atoms with Gasteiger partial charge in [-0.1, -0.05) is 43.2 Å². The van der Waals surface area contributed by atoms with Crippen LogP contribution in [0.2, 0.25) is 0 Å². The van der Waals surface area contributed by atoms with Crippen LogP contribution in [0.5, 0.6) is 0 Å². The lowest BCUT2D eigenvalue weighted by Crippen LogP contribution is -2.46. The molecular formula is C17H26N2. The monoisotopic (exact) mass is 258 g/mol. The smallest absolute Gasteiger partial charge is 0.0534 e. The van der Waals surface area contributed by atoms with Crippen LogP contribution in [0.4, 0.5) is 0 Å². The molecule has 2 aliphatic rings. The third-order valence-corrected chi connectivity index (χ3v) is 4.67. The summed E-state index contributed by atoms with van der Waals surface area (Å²) in [5.74, 6) is 1.04. The molecule has 1 aliphatic carbocycles. The second-order valence-electron chi connectivity index (χ2n) is 6.49. The first-order valence-corrected chi connectivity index (χ1v) is 7.79. The highest BCUT2D eigenvalue weighted by Gasteiger charge is 2.31. The van der Waals surface area contributed by atoms with Crippen molar-refractivity contribution in [2.75, 3.05) is 26.2 Å². The van der Waals surface area contributed by atoms with Crippen molar-refractivity contribution in [2.45, 2.75) is 38.1 Å². The molecule has 0 spiro atoms. The van der Waals surface area contributed by atoms with Crippen LogP contribution in [0.3, 0.4) is 0 Å². The summed E-state index contributed by atoms with van der Waals surface area (Å²) in [5, 5.41) is 3.77. The minimum absolute atomic E-state index is 0.112. The molecule has 1 unspecified atom stereocenters. The van der Waals surface area contributed by atoms with Crippen molar-refractivity contribution in [1.82, 2.24) is 10.2 Å². The van der Waals surface area contributed by atoms with E-state index in [1.54, 1.807) is 0 Å². The van der Waals surface area contributed by atoms with Crippen molar-refractivity contribution in [1.29, 1.82) is 0 Å². The molecule has 1 saturated heterocycles. The van der Waals surface area contributed by atoms with Crippen molar-refractivity contribution in [2.24, 2.45) is 5.92 Å². The fourth-order valence-corrected chi connectivity index (χ4v) is 3.21. The Morgan fingerprint density at radius 1 is 1.26 bits per heavy atom. The molecule has 0 amide bonds. The van der Waals surface area contributed by atoms with E-state index in [2.05, 4.69) is 47.5 Å². The average Bonchev–Trinajstić information content (AvgIpc) is 3.26. The fourth-order valence-electron chi connectivity index (χ4n) is 3.21. The Balaban J connectivity index is 1.68. The Morgan fingerprint density at radius 2 is 2.05 bits per heavy atom. The van der Waals surface area contributed by atoms with Gasteiger partial charge in [0.1, 0.15) is 0 Å². The van der Waals surface area contributed by atoms with E-state index >= 15 is 0 Å². The van der Waals surface area contributed by atoms with Gasteiger partial charge >= 0.3 is 0 Å². The molecule has 1 aromatic rings. The zero-order valence-corrected chi connectivity index (χ0v) is 12.1. The number of benzene rings is 1. The molecule has 1 aliphatic heterocycles. The Hall–Kier alpha value is -0.860. The first kappa shape index (κ1) is 13.1. The normalized spacial score (nSPS) is 29.1. The Kier molecular flexibility index (Phi) is 3.90. The van der Waals surface area contributed by atoms with E-state index in [1.807, 2.05) is 0 Å². The molecule has 1 saturated carbocycles. The van der Waals surface area contributed by atoms with Crippen LogP contribution in [0.1, 0.15) is 38.2 Å². The highest BCUT2D eigenvalue weighted by molar-refractivity contribution is 5.24. The van der Waals surface area contributed by atoms with Gasteiger partial charge in [0, 0.05) is 6.54 Å². The summed E-state index contributed by atoms with van der Waals surface area (Å²) < 4.78 is 0. The van der Waals surface area contributed by atoms with E-state index in [0.29, 0.717) is 0 Å². The maximum Gasteiger partial charge on any atom is 0.0534 e. The summed E-state index contributed by atoms with van der Waals surface area (Å²) in [7, 11) is 0. The molecule has 1 heterocycles. The SMILES string of the molecule is CC1(c2ccccc2)CN(CCC2CC2)CCCN1. The van der Waals surface area contributed by atoms with Crippen molar-refractivity contribution in [3.63, 3.8) is 0 Å². The second kappa shape index (κ2) is 5.64. The molecule has 1 aromatic carbocycles. The maximum atomic E-state index is 3.77. The predicted octanol–water partition coefficient (Wildman–Crippen LogP) is 3.00. The number of hydrogen-bond acceptors (Lipinski definition) is 2. The average molecular weight is 258 g/mol. The fraction of sp³-hybridized carbons (Fsp3) is 0.647. The molecule has 2 fully saturated rings. The standard InChI is InChI=1S/C17H26N2/c1-17(16-6-3-2-4-7-16)14-19(12-5-11-18-17)13-10-15-8-9-15/h2-4,6-7,15,18H,5,8-14H2,1H3. The first-order valence-electron chi connectivity index (χ1n) is 7.79. The first-order chi connectivity index (χ1) is 9.26. The highest BCUT2D eigenvalue weighted by Crippen LogP contribution is 2.33. The molecule has 104 valence electrons. The minimum Gasteiger partial charge on any atom is -0.307 e. The van der Waals surface area contributed by atoms with E-state index < -0.39 is 0 Å². The third kappa shape index (κ3) is 3.37. The Bertz CT molecular complexity index is 399. The van der Waals surface area contributed by atoms with Crippen LogP contribution >= 0.6 is 0 Å². The van der Waals surface area contributed by atoms with Crippen molar-refractivity contribution in [3.05, 3.63) is 35.9 Å². The molecule has 1 atom stereocenters. The summed E-state index contributed by atoms with van der Waals surface area (Å²) in [6.45, 7) is 7.17. The lowest BCUT2D eigenvalue weighted by molar-refractivity contribution is 0.215. The molecular weight excluding hydrogens is 232 g/mol. The van der Waals surface area contributed by atoms with E-state index in [9.17, 15) is 0 Å². The number of nitrogens with zero attached hydrogens (tertiary/aromatic N) is 1. The number of nitrogens with one attached hydrogen (secondary N) is 1. The largest absolute Gasteiger partial charge is 0.307 e. The van der Waals surface area contributed by atoms with Crippen LogP contribution in [0.15, 0.2) is 30.3 Å². The highest BCUT2D eigenvalue weighted by atomic mass is 15.2.